The lowest BCUT2D eigenvalue weighted by atomic mass is 10.1. The predicted octanol–water partition coefficient (Wildman–Crippen LogP) is 2.20. The lowest BCUT2D eigenvalue weighted by Crippen LogP contribution is -2.31. The summed E-state index contributed by atoms with van der Waals surface area (Å²) in [5.41, 5.74) is 1.03. The number of benzene rings is 1. The number of carbonyl (C=O) groups is 1. The highest BCUT2D eigenvalue weighted by molar-refractivity contribution is 5.69. The van der Waals surface area contributed by atoms with E-state index in [9.17, 15) is 4.79 Å². The molecule has 2 rings (SSSR count). The zero-order chi connectivity index (χ0) is 12.1. The van der Waals surface area contributed by atoms with Gasteiger partial charge in [-0.1, -0.05) is 12.1 Å². The Morgan fingerprint density at radius 1 is 1.53 bits per heavy atom. The maximum absolute atomic E-state index is 11.0. The van der Waals surface area contributed by atoms with Crippen LogP contribution in [0, 0.1) is 0 Å². The molecule has 0 radical (unpaired) electrons. The Balaban J connectivity index is 1.80. The van der Waals surface area contributed by atoms with E-state index in [0.29, 0.717) is 13.0 Å². The Morgan fingerprint density at radius 3 is 3.18 bits per heavy atom. The van der Waals surface area contributed by atoms with Gasteiger partial charge in [0.25, 0.3) is 0 Å². The summed E-state index contributed by atoms with van der Waals surface area (Å²) in [6.07, 6.45) is 2.19. The van der Waals surface area contributed by atoms with Crippen molar-refractivity contribution < 1.29 is 14.3 Å². The SMILES string of the molecule is COC(=O)CCCC1COc2ccccc2N1. The molecule has 0 saturated heterocycles. The second-order valence-electron chi connectivity index (χ2n) is 4.12. The van der Waals surface area contributed by atoms with Crippen molar-refractivity contribution in [2.24, 2.45) is 0 Å². The summed E-state index contributed by atoms with van der Waals surface area (Å²) < 4.78 is 10.2. The fourth-order valence-corrected chi connectivity index (χ4v) is 1.91. The number of rotatable bonds is 4. The molecule has 0 fully saturated rings. The maximum Gasteiger partial charge on any atom is 0.305 e. The van der Waals surface area contributed by atoms with E-state index in [1.807, 2.05) is 24.3 Å². The quantitative estimate of drug-likeness (QED) is 0.813. The molecule has 1 aliphatic heterocycles. The summed E-state index contributed by atoms with van der Waals surface area (Å²) in [4.78, 5) is 11.0. The molecule has 1 aliphatic rings. The summed E-state index contributed by atoms with van der Waals surface area (Å²) >= 11 is 0. The first-order chi connectivity index (χ1) is 8.29. The van der Waals surface area contributed by atoms with Gasteiger partial charge in [0, 0.05) is 6.42 Å². The number of hydrogen-bond acceptors (Lipinski definition) is 4. The third-order valence-electron chi connectivity index (χ3n) is 2.85. The highest BCUT2D eigenvalue weighted by atomic mass is 16.5. The number of nitrogens with one attached hydrogen (secondary N) is 1. The van der Waals surface area contributed by atoms with Crippen molar-refractivity contribution in [2.45, 2.75) is 25.3 Å². The Labute approximate surface area is 101 Å². The predicted molar refractivity (Wildman–Crippen MR) is 65.2 cm³/mol. The fraction of sp³-hybridized carbons (Fsp3) is 0.462. The molecule has 1 heterocycles. The van der Waals surface area contributed by atoms with Crippen LogP contribution in [0.5, 0.6) is 5.75 Å². The molecule has 1 aromatic carbocycles. The summed E-state index contributed by atoms with van der Waals surface area (Å²) in [5, 5.41) is 3.41. The van der Waals surface area contributed by atoms with Crippen molar-refractivity contribution in [3.8, 4) is 5.75 Å². The lowest BCUT2D eigenvalue weighted by molar-refractivity contribution is -0.140. The molecule has 1 atom stereocenters. The van der Waals surface area contributed by atoms with Crippen LogP contribution in [-0.4, -0.2) is 25.7 Å². The van der Waals surface area contributed by atoms with Crippen LogP contribution in [0.25, 0.3) is 0 Å². The van der Waals surface area contributed by atoms with Gasteiger partial charge in [0.05, 0.1) is 18.8 Å². The molecule has 0 spiro atoms. The molecule has 17 heavy (non-hydrogen) atoms. The third-order valence-corrected chi connectivity index (χ3v) is 2.85. The summed E-state index contributed by atoms with van der Waals surface area (Å²) in [5.74, 6) is 0.749. The van der Waals surface area contributed by atoms with Gasteiger partial charge in [-0.15, -0.1) is 0 Å². The number of methoxy groups -OCH3 is 1. The summed E-state index contributed by atoms with van der Waals surface area (Å²) in [6.45, 7) is 0.651. The van der Waals surface area contributed by atoms with Gasteiger partial charge in [-0.05, 0) is 25.0 Å². The molecule has 0 saturated carbocycles. The number of esters is 1. The van der Waals surface area contributed by atoms with E-state index in [-0.39, 0.29) is 12.0 Å². The van der Waals surface area contributed by atoms with Gasteiger partial charge in [0.2, 0.25) is 0 Å². The normalized spacial score (nSPS) is 17.6. The zero-order valence-corrected chi connectivity index (χ0v) is 9.94. The van der Waals surface area contributed by atoms with Gasteiger partial charge >= 0.3 is 5.97 Å². The van der Waals surface area contributed by atoms with Crippen molar-refractivity contribution in [1.29, 1.82) is 0 Å². The topological polar surface area (TPSA) is 47.6 Å². The molecule has 0 aliphatic carbocycles. The first-order valence-electron chi connectivity index (χ1n) is 5.85. The molecule has 92 valence electrons. The molecule has 1 aromatic rings. The smallest absolute Gasteiger partial charge is 0.305 e. The summed E-state index contributed by atoms with van der Waals surface area (Å²) in [7, 11) is 1.42. The van der Waals surface area contributed by atoms with E-state index in [0.717, 1.165) is 24.3 Å². The van der Waals surface area contributed by atoms with Crippen LogP contribution in [0.4, 0.5) is 5.69 Å². The highest BCUT2D eigenvalue weighted by Crippen LogP contribution is 2.29. The van der Waals surface area contributed by atoms with E-state index in [1.165, 1.54) is 7.11 Å². The zero-order valence-electron chi connectivity index (χ0n) is 9.94. The van der Waals surface area contributed by atoms with Crippen LogP contribution >= 0.6 is 0 Å². The van der Waals surface area contributed by atoms with E-state index in [4.69, 9.17) is 4.74 Å². The number of ether oxygens (including phenoxy) is 2. The minimum atomic E-state index is -0.151. The van der Waals surface area contributed by atoms with Crippen molar-refractivity contribution in [3.05, 3.63) is 24.3 Å². The molecule has 0 aromatic heterocycles. The van der Waals surface area contributed by atoms with Gasteiger partial charge in [0.1, 0.15) is 12.4 Å². The van der Waals surface area contributed by atoms with E-state index in [2.05, 4.69) is 10.1 Å². The number of fused-ring (bicyclic) bond motifs is 1. The van der Waals surface area contributed by atoms with E-state index in [1.54, 1.807) is 0 Å². The van der Waals surface area contributed by atoms with Crippen molar-refractivity contribution >= 4 is 11.7 Å². The van der Waals surface area contributed by atoms with E-state index >= 15 is 0 Å². The number of anilines is 1. The van der Waals surface area contributed by atoms with Crippen LogP contribution in [0.15, 0.2) is 24.3 Å². The number of hydrogen-bond donors (Lipinski definition) is 1. The average molecular weight is 235 g/mol. The Kier molecular flexibility index (Phi) is 3.85. The largest absolute Gasteiger partial charge is 0.489 e. The molecule has 4 nitrogen and oxygen atoms in total. The first-order valence-corrected chi connectivity index (χ1v) is 5.85. The van der Waals surface area contributed by atoms with Crippen molar-refractivity contribution in [2.75, 3.05) is 19.0 Å². The van der Waals surface area contributed by atoms with Gasteiger partial charge in [0.15, 0.2) is 0 Å². The molecular weight excluding hydrogens is 218 g/mol. The lowest BCUT2D eigenvalue weighted by Gasteiger charge is -2.27. The maximum atomic E-state index is 11.0. The van der Waals surface area contributed by atoms with Gasteiger partial charge in [-0.2, -0.15) is 0 Å². The molecule has 1 unspecified atom stereocenters. The monoisotopic (exact) mass is 235 g/mol. The summed E-state index contributed by atoms with van der Waals surface area (Å²) in [6, 6.07) is 8.16. The average Bonchev–Trinajstić information content (AvgIpc) is 2.38. The van der Waals surface area contributed by atoms with Crippen molar-refractivity contribution in [3.63, 3.8) is 0 Å². The molecule has 1 N–H and O–H groups in total. The fourth-order valence-electron chi connectivity index (χ4n) is 1.91. The number of para-hydroxylation sites is 2. The minimum absolute atomic E-state index is 0.151. The van der Waals surface area contributed by atoms with Crippen molar-refractivity contribution in [1.82, 2.24) is 0 Å². The third kappa shape index (κ3) is 3.12. The Hall–Kier alpha value is -1.71. The first kappa shape index (κ1) is 11.8. The van der Waals surface area contributed by atoms with Crippen LogP contribution < -0.4 is 10.1 Å². The number of carbonyl (C=O) groups excluding carboxylic acids is 1. The molecule has 4 heteroatoms. The highest BCUT2D eigenvalue weighted by Gasteiger charge is 2.18. The van der Waals surface area contributed by atoms with Crippen LogP contribution in [0.3, 0.4) is 0 Å². The standard InChI is InChI=1S/C13H17NO3/c1-16-13(15)8-4-5-10-9-17-12-7-3-2-6-11(12)14-10/h2-3,6-7,10,14H,4-5,8-9H2,1H3. The Bertz CT molecular complexity index is 392. The van der Waals surface area contributed by atoms with Gasteiger partial charge in [-0.3, -0.25) is 4.79 Å². The van der Waals surface area contributed by atoms with Crippen LogP contribution in [0.2, 0.25) is 0 Å². The van der Waals surface area contributed by atoms with Gasteiger partial charge < -0.3 is 14.8 Å². The molecule has 0 amide bonds. The second kappa shape index (κ2) is 5.57. The van der Waals surface area contributed by atoms with Crippen LogP contribution in [-0.2, 0) is 9.53 Å². The molecular formula is C13H17NO3. The minimum Gasteiger partial charge on any atom is -0.489 e. The molecule has 0 bridgehead atoms. The van der Waals surface area contributed by atoms with E-state index < -0.39 is 0 Å². The van der Waals surface area contributed by atoms with Crippen LogP contribution in [0.1, 0.15) is 19.3 Å². The van der Waals surface area contributed by atoms with Gasteiger partial charge in [-0.25, -0.2) is 0 Å². The Morgan fingerprint density at radius 2 is 2.35 bits per heavy atom. The second-order valence-corrected chi connectivity index (χ2v) is 4.12.